The second-order valence-electron chi connectivity index (χ2n) is 5.47. The maximum Gasteiger partial charge on any atom is 0.129 e. The lowest BCUT2D eigenvalue weighted by atomic mass is 9.74. The molecule has 88 valence electrons. The molecule has 1 nitrogen and oxygen atoms in total. The molecule has 0 bridgehead atoms. The lowest BCUT2D eigenvalue weighted by Crippen LogP contribution is -2.28. The number of carbonyl (C=O) groups is 1. The van der Waals surface area contributed by atoms with E-state index in [1.165, 1.54) is 0 Å². The third kappa shape index (κ3) is 4.31. The lowest BCUT2D eigenvalue weighted by molar-refractivity contribution is -0.117. The van der Waals surface area contributed by atoms with Crippen LogP contribution in [0.3, 0.4) is 0 Å². The van der Waals surface area contributed by atoms with Gasteiger partial charge in [0.2, 0.25) is 0 Å². The van der Waals surface area contributed by atoms with Gasteiger partial charge in [-0.2, -0.15) is 0 Å². The number of hydrogen-bond acceptors (Lipinski definition) is 1. The van der Waals surface area contributed by atoms with Crippen LogP contribution >= 0.6 is 0 Å². The number of halogens is 1. The molecule has 1 unspecified atom stereocenters. The molecule has 0 radical (unpaired) electrons. The van der Waals surface area contributed by atoms with Crippen molar-refractivity contribution in [3.05, 3.63) is 0 Å². The Morgan fingerprint density at radius 1 is 1.47 bits per heavy atom. The van der Waals surface area contributed by atoms with E-state index in [9.17, 15) is 9.18 Å². The molecule has 15 heavy (non-hydrogen) atoms. The quantitative estimate of drug-likeness (QED) is 0.693. The highest BCUT2D eigenvalue weighted by Crippen LogP contribution is 2.38. The van der Waals surface area contributed by atoms with E-state index in [1.54, 1.807) is 13.8 Å². The molecule has 1 fully saturated rings. The molecule has 1 rings (SSSR count). The Labute approximate surface area is 92.4 Å². The average Bonchev–Trinajstić information content (AvgIpc) is 2.14. The molecule has 0 heterocycles. The van der Waals surface area contributed by atoms with Gasteiger partial charge in [0.05, 0.1) is 0 Å². The Kier molecular flexibility index (Phi) is 4.30. The standard InChI is InChI=1S/C13H23FO/c1-10(4-5-11(2)15)12-6-8-13(3,14)9-7-12/h10,12H,4-9H2,1-3H3. The lowest BCUT2D eigenvalue weighted by Gasteiger charge is -2.34. The first-order valence-electron chi connectivity index (χ1n) is 6.09. The largest absolute Gasteiger partial charge is 0.300 e. The van der Waals surface area contributed by atoms with Gasteiger partial charge in [-0.3, -0.25) is 0 Å². The van der Waals surface area contributed by atoms with Crippen molar-refractivity contribution in [3.8, 4) is 0 Å². The van der Waals surface area contributed by atoms with Gasteiger partial charge in [-0.15, -0.1) is 0 Å². The SMILES string of the molecule is CC(=O)CCC(C)C1CCC(C)(F)CC1. The summed E-state index contributed by atoms with van der Waals surface area (Å²) in [5, 5.41) is 0. The summed E-state index contributed by atoms with van der Waals surface area (Å²) in [6, 6.07) is 0. The highest BCUT2D eigenvalue weighted by atomic mass is 19.1. The van der Waals surface area contributed by atoms with Crippen molar-refractivity contribution in [2.75, 3.05) is 0 Å². The van der Waals surface area contributed by atoms with Crippen molar-refractivity contribution in [2.45, 2.75) is 65.0 Å². The maximum atomic E-state index is 13.6. The third-order valence-electron chi connectivity index (χ3n) is 3.83. The van der Waals surface area contributed by atoms with E-state index >= 15 is 0 Å². The van der Waals surface area contributed by atoms with Crippen molar-refractivity contribution in [1.82, 2.24) is 0 Å². The topological polar surface area (TPSA) is 17.1 Å². The molecule has 0 N–H and O–H groups in total. The van der Waals surface area contributed by atoms with E-state index in [1.807, 2.05) is 0 Å². The highest BCUT2D eigenvalue weighted by molar-refractivity contribution is 5.75. The van der Waals surface area contributed by atoms with Crippen LogP contribution in [0.5, 0.6) is 0 Å². The summed E-state index contributed by atoms with van der Waals surface area (Å²) < 4.78 is 13.6. The van der Waals surface area contributed by atoms with Gasteiger partial charge in [-0.05, 0) is 57.8 Å². The zero-order valence-corrected chi connectivity index (χ0v) is 10.2. The Bertz CT molecular complexity index is 213. The van der Waals surface area contributed by atoms with E-state index in [0.29, 0.717) is 31.1 Å². The number of alkyl halides is 1. The predicted molar refractivity (Wildman–Crippen MR) is 60.6 cm³/mol. The van der Waals surface area contributed by atoms with E-state index in [4.69, 9.17) is 0 Å². The maximum absolute atomic E-state index is 13.6. The summed E-state index contributed by atoms with van der Waals surface area (Å²) in [7, 11) is 0. The normalized spacial score (nSPS) is 33.7. The Morgan fingerprint density at radius 3 is 2.47 bits per heavy atom. The van der Waals surface area contributed by atoms with Crippen molar-refractivity contribution >= 4 is 5.78 Å². The third-order valence-corrected chi connectivity index (χ3v) is 3.83. The van der Waals surface area contributed by atoms with Crippen LogP contribution in [0.4, 0.5) is 4.39 Å². The van der Waals surface area contributed by atoms with Gasteiger partial charge in [0.1, 0.15) is 11.5 Å². The van der Waals surface area contributed by atoms with Gasteiger partial charge >= 0.3 is 0 Å². The van der Waals surface area contributed by atoms with Gasteiger partial charge in [0, 0.05) is 6.42 Å². The minimum atomic E-state index is -0.934. The molecule has 0 saturated heterocycles. The molecule has 0 aromatic carbocycles. The van der Waals surface area contributed by atoms with Crippen molar-refractivity contribution < 1.29 is 9.18 Å². The van der Waals surface area contributed by atoms with Crippen molar-refractivity contribution in [3.63, 3.8) is 0 Å². The number of carbonyl (C=O) groups excluding carboxylic acids is 1. The molecule has 1 saturated carbocycles. The second-order valence-corrected chi connectivity index (χ2v) is 5.47. The number of hydrogen-bond donors (Lipinski definition) is 0. The summed E-state index contributed by atoms with van der Waals surface area (Å²) in [6.07, 6.45) is 5.04. The van der Waals surface area contributed by atoms with Crippen molar-refractivity contribution in [1.29, 1.82) is 0 Å². The fraction of sp³-hybridized carbons (Fsp3) is 0.923. The van der Waals surface area contributed by atoms with Crippen LogP contribution in [0.1, 0.15) is 59.3 Å². The number of rotatable bonds is 4. The molecule has 1 atom stereocenters. The van der Waals surface area contributed by atoms with E-state index in [-0.39, 0.29) is 5.78 Å². The van der Waals surface area contributed by atoms with Crippen LogP contribution in [-0.4, -0.2) is 11.5 Å². The fourth-order valence-corrected chi connectivity index (χ4v) is 2.48. The molecular weight excluding hydrogens is 191 g/mol. The molecule has 0 amide bonds. The number of Topliss-reactive ketones (excluding diaryl/α,β-unsaturated/α-hetero) is 1. The fourth-order valence-electron chi connectivity index (χ4n) is 2.48. The summed E-state index contributed by atoms with van der Waals surface area (Å²) in [6.45, 7) is 5.56. The molecule has 0 aliphatic heterocycles. The first-order valence-corrected chi connectivity index (χ1v) is 6.09. The Hall–Kier alpha value is -0.400. The summed E-state index contributed by atoms with van der Waals surface area (Å²) >= 11 is 0. The zero-order valence-electron chi connectivity index (χ0n) is 10.2. The first-order chi connectivity index (χ1) is 6.91. The van der Waals surface area contributed by atoms with Crippen molar-refractivity contribution in [2.24, 2.45) is 11.8 Å². The minimum Gasteiger partial charge on any atom is -0.300 e. The Balaban J connectivity index is 2.30. The second kappa shape index (κ2) is 5.09. The summed E-state index contributed by atoms with van der Waals surface area (Å²) in [5.74, 6) is 1.48. The smallest absolute Gasteiger partial charge is 0.129 e. The van der Waals surface area contributed by atoms with Gasteiger partial charge < -0.3 is 4.79 Å². The molecular formula is C13H23FO. The van der Waals surface area contributed by atoms with E-state index in [0.717, 1.165) is 19.3 Å². The Morgan fingerprint density at radius 2 is 2.00 bits per heavy atom. The van der Waals surface area contributed by atoms with Gasteiger partial charge in [0.25, 0.3) is 0 Å². The van der Waals surface area contributed by atoms with E-state index in [2.05, 4.69) is 6.92 Å². The molecule has 0 aromatic heterocycles. The van der Waals surface area contributed by atoms with E-state index < -0.39 is 5.67 Å². The van der Waals surface area contributed by atoms with Gasteiger partial charge in [0.15, 0.2) is 0 Å². The van der Waals surface area contributed by atoms with Crippen LogP contribution in [0.25, 0.3) is 0 Å². The predicted octanol–water partition coefficient (Wildman–Crippen LogP) is 3.91. The van der Waals surface area contributed by atoms with Crippen LogP contribution in [0.15, 0.2) is 0 Å². The summed E-state index contributed by atoms with van der Waals surface area (Å²) in [4.78, 5) is 10.9. The monoisotopic (exact) mass is 214 g/mol. The zero-order chi connectivity index (χ0) is 11.5. The average molecular weight is 214 g/mol. The van der Waals surface area contributed by atoms with Crippen LogP contribution in [0.2, 0.25) is 0 Å². The van der Waals surface area contributed by atoms with Gasteiger partial charge in [-0.25, -0.2) is 4.39 Å². The minimum absolute atomic E-state index is 0.271. The first kappa shape index (κ1) is 12.7. The summed E-state index contributed by atoms with van der Waals surface area (Å²) in [5.41, 5.74) is -0.934. The molecule has 1 aliphatic rings. The molecule has 1 aliphatic carbocycles. The number of ketones is 1. The highest BCUT2D eigenvalue weighted by Gasteiger charge is 2.32. The van der Waals surface area contributed by atoms with Crippen LogP contribution in [0, 0.1) is 11.8 Å². The van der Waals surface area contributed by atoms with Crippen LogP contribution in [-0.2, 0) is 4.79 Å². The molecule has 2 heteroatoms. The van der Waals surface area contributed by atoms with Gasteiger partial charge in [-0.1, -0.05) is 6.92 Å². The van der Waals surface area contributed by atoms with Crippen LogP contribution < -0.4 is 0 Å². The molecule has 0 aromatic rings. The molecule has 0 spiro atoms.